The van der Waals surface area contributed by atoms with Gasteiger partial charge in [-0.15, -0.1) is 0 Å². The zero-order valence-corrected chi connectivity index (χ0v) is 14.0. The molecule has 1 amide bonds. The minimum atomic E-state index is -0.432. The van der Waals surface area contributed by atoms with Crippen LogP contribution in [0.3, 0.4) is 0 Å². The molecule has 1 aliphatic rings. The second-order valence-electron chi connectivity index (χ2n) is 6.06. The molecule has 2 heterocycles. The van der Waals surface area contributed by atoms with Crippen molar-refractivity contribution in [3.63, 3.8) is 0 Å². The summed E-state index contributed by atoms with van der Waals surface area (Å²) in [6.45, 7) is 0.598. The summed E-state index contributed by atoms with van der Waals surface area (Å²) in [7, 11) is 0. The van der Waals surface area contributed by atoms with Gasteiger partial charge in [-0.25, -0.2) is 9.48 Å². The number of ether oxygens (including phenoxy) is 1. The van der Waals surface area contributed by atoms with Crippen molar-refractivity contribution < 1.29 is 9.53 Å². The topological polar surface area (TPSA) is 64.4 Å². The summed E-state index contributed by atoms with van der Waals surface area (Å²) in [5.74, 6) is 0. The van der Waals surface area contributed by atoms with Gasteiger partial charge < -0.3 is 4.74 Å². The Bertz CT molecular complexity index is 970. The third-order valence-corrected chi connectivity index (χ3v) is 4.25. The summed E-state index contributed by atoms with van der Waals surface area (Å²) in [5.41, 5.74) is 2.18. The maximum Gasteiger partial charge on any atom is 0.414 e. The van der Waals surface area contributed by atoms with Crippen molar-refractivity contribution in [2.24, 2.45) is 0 Å². The monoisotopic (exact) mass is 347 g/mol. The summed E-state index contributed by atoms with van der Waals surface area (Å²) >= 11 is 0. The van der Waals surface area contributed by atoms with Crippen LogP contribution in [0.1, 0.15) is 0 Å². The van der Waals surface area contributed by atoms with Crippen molar-refractivity contribution in [1.29, 1.82) is 0 Å². The number of hydrogen-bond donors (Lipinski definition) is 0. The van der Waals surface area contributed by atoms with Crippen LogP contribution in [0.2, 0.25) is 0 Å². The highest BCUT2D eigenvalue weighted by Gasteiger charge is 2.32. The second-order valence-corrected chi connectivity index (χ2v) is 6.06. The smallest absolute Gasteiger partial charge is 0.414 e. The second kappa shape index (κ2) is 6.84. The van der Waals surface area contributed by atoms with Gasteiger partial charge in [0.2, 0.25) is 0 Å². The predicted molar refractivity (Wildman–Crippen MR) is 98.0 cm³/mol. The molecule has 1 aromatic heterocycles. The van der Waals surface area contributed by atoms with E-state index in [2.05, 4.69) is 5.10 Å². The molecule has 1 atom stereocenters. The van der Waals surface area contributed by atoms with Gasteiger partial charge in [0, 0.05) is 17.3 Å². The van der Waals surface area contributed by atoms with Crippen LogP contribution in [-0.4, -0.2) is 28.5 Å². The predicted octanol–water partition coefficient (Wildman–Crippen LogP) is 2.94. The molecule has 0 unspecified atom stereocenters. The zero-order valence-electron chi connectivity index (χ0n) is 14.0. The number of amides is 1. The lowest BCUT2D eigenvalue weighted by molar-refractivity contribution is 0.128. The molecule has 1 fully saturated rings. The van der Waals surface area contributed by atoms with Crippen molar-refractivity contribution in [3.05, 3.63) is 83.2 Å². The first kappa shape index (κ1) is 16.1. The van der Waals surface area contributed by atoms with E-state index < -0.39 is 12.2 Å². The van der Waals surface area contributed by atoms with Gasteiger partial charge in [-0.3, -0.25) is 9.69 Å². The van der Waals surface area contributed by atoms with E-state index in [0.29, 0.717) is 12.2 Å². The molecular formula is C20H17N3O3. The van der Waals surface area contributed by atoms with Gasteiger partial charge in [0.25, 0.3) is 5.56 Å². The number of para-hydroxylation sites is 1. The SMILES string of the molecule is O=C1O[C@@H](Cn2nc(-c3ccccc3)ccc2=O)CN1c1ccccc1. The Kier molecular flexibility index (Phi) is 4.23. The van der Waals surface area contributed by atoms with Gasteiger partial charge in [-0.05, 0) is 18.2 Å². The minimum Gasteiger partial charge on any atom is -0.442 e. The van der Waals surface area contributed by atoms with E-state index in [1.54, 1.807) is 11.0 Å². The number of cyclic esters (lactones) is 1. The van der Waals surface area contributed by atoms with E-state index in [0.717, 1.165) is 11.3 Å². The quantitative estimate of drug-likeness (QED) is 0.728. The van der Waals surface area contributed by atoms with Gasteiger partial charge in [0.1, 0.15) is 6.10 Å². The van der Waals surface area contributed by atoms with Crippen LogP contribution >= 0.6 is 0 Å². The van der Waals surface area contributed by atoms with E-state index in [1.807, 2.05) is 60.7 Å². The normalized spacial score (nSPS) is 16.5. The van der Waals surface area contributed by atoms with Crippen LogP contribution in [0.25, 0.3) is 11.3 Å². The molecule has 2 aromatic carbocycles. The molecule has 0 N–H and O–H groups in total. The molecule has 0 spiro atoms. The van der Waals surface area contributed by atoms with Crippen LogP contribution in [0.5, 0.6) is 0 Å². The number of anilines is 1. The first-order valence-corrected chi connectivity index (χ1v) is 8.37. The number of aromatic nitrogens is 2. The van der Waals surface area contributed by atoms with Crippen molar-refractivity contribution in [1.82, 2.24) is 9.78 Å². The van der Waals surface area contributed by atoms with Crippen LogP contribution in [0.4, 0.5) is 10.5 Å². The molecule has 0 bridgehead atoms. The lowest BCUT2D eigenvalue weighted by atomic mass is 10.1. The maximum atomic E-state index is 12.2. The number of carbonyl (C=O) groups excluding carboxylic acids is 1. The summed E-state index contributed by atoms with van der Waals surface area (Å²) in [6.07, 6.45) is -0.840. The van der Waals surface area contributed by atoms with Gasteiger partial charge in [0.05, 0.1) is 18.8 Å². The Balaban J connectivity index is 1.55. The van der Waals surface area contributed by atoms with Gasteiger partial charge in [-0.2, -0.15) is 5.10 Å². The van der Waals surface area contributed by atoms with Crippen molar-refractivity contribution >= 4 is 11.8 Å². The average molecular weight is 347 g/mol. The van der Waals surface area contributed by atoms with E-state index in [1.165, 1.54) is 10.7 Å². The van der Waals surface area contributed by atoms with Gasteiger partial charge >= 0.3 is 6.09 Å². The molecule has 1 saturated heterocycles. The molecule has 130 valence electrons. The molecule has 0 radical (unpaired) electrons. The van der Waals surface area contributed by atoms with Crippen LogP contribution in [0.15, 0.2) is 77.6 Å². The summed E-state index contributed by atoms with van der Waals surface area (Å²) in [5, 5.41) is 4.42. The standard InChI is InChI=1S/C20H17N3O3/c24-19-12-11-18(15-7-3-1-4-8-15)21-23(19)14-17-13-22(20(25)26-17)16-9-5-2-6-10-16/h1-12,17H,13-14H2/t17-/m1/s1. The number of hydrogen-bond acceptors (Lipinski definition) is 4. The lowest BCUT2D eigenvalue weighted by Crippen LogP contribution is -2.31. The molecule has 26 heavy (non-hydrogen) atoms. The lowest BCUT2D eigenvalue weighted by Gasteiger charge is -2.13. The third-order valence-electron chi connectivity index (χ3n) is 4.25. The highest BCUT2D eigenvalue weighted by molar-refractivity contribution is 5.89. The van der Waals surface area contributed by atoms with E-state index >= 15 is 0 Å². The third kappa shape index (κ3) is 3.21. The Morgan fingerprint density at radius 2 is 1.62 bits per heavy atom. The van der Waals surface area contributed by atoms with Crippen molar-refractivity contribution in [3.8, 4) is 11.3 Å². The minimum absolute atomic E-state index is 0.217. The molecule has 4 rings (SSSR count). The Morgan fingerprint density at radius 1 is 0.923 bits per heavy atom. The zero-order chi connectivity index (χ0) is 17.9. The Labute approximate surface area is 150 Å². The largest absolute Gasteiger partial charge is 0.442 e. The number of carbonyl (C=O) groups is 1. The molecule has 6 nitrogen and oxygen atoms in total. The van der Waals surface area contributed by atoms with Crippen LogP contribution in [-0.2, 0) is 11.3 Å². The van der Waals surface area contributed by atoms with Crippen LogP contribution < -0.4 is 10.5 Å². The molecule has 6 heteroatoms. The highest BCUT2D eigenvalue weighted by atomic mass is 16.6. The fourth-order valence-corrected chi connectivity index (χ4v) is 2.97. The van der Waals surface area contributed by atoms with Gasteiger partial charge in [-0.1, -0.05) is 48.5 Å². The number of rotatable bonds is 4. The number of nitrogens with zero attached hydrogens (tertiary/aromatic N) is 3. The highest BCUT2D eigenvalue weighted by Crippen LogP contribution is 2.22. The molecule has 0 aliphatic carbocycles. The van der Waals surface area contributed by atoms with Gasteiger partial charge in [0.15, 0.2) is 0 Å². The summed E-state index contributed by atoms with van der Waals surface area (Å²) < 4.78 is 6.78. The average Bonchev–Trinajstić information content (AvgIpc) is 3.05. The Hall–Kier alpha value is -3.41. The number of benzene rings is 2. The molecule has 0 saturated carbocycles. The molecule has 1 aliphatic heterocycles. The van der Waals surface area contributed by atoms with E-state index in [-0.39, 0.29) is 12.1 Å². The fraction of sp³-hybridized carbons (Fsp3) is 0.150. The van der Waals surface area contributed by atoms with Crippen LogP contribution in [0, 0.1) is 0 Å². The van der Waals surface area contributed by atoms with E-state index in [4.69, 9.17) is 4.74 Å². The maximum absolute atomic E-state index is 12.2. The molecular weight excluding hydrogens is 330 g/mol. The van der Waals surface area contributed by atoms with Crippen molar-refractivity contribution in [2.75, 3.05) is 11.4 Å². The Morgan fingerprint density at radius 3 is 2.35 bits per heavy atom. The summed E-state index contributed by atoms with van der Waals surface area (Å²) in [4.78, 5) is 25.9. The van der Waals surface area contributed by atoms with E-state index in [9.17, 15) is 9.59 Å². The fourth-order valence-electron chi connectivity index (χ4n) is 2.97. The first-order valence-electron chi connectivity index (χ1n) is 8.37. The molecule has 3 aromatic rings. The van der Waals surface area contributed by atoms with Crippen molar-refractivity contribution in [2.45, 2.75) is 12.6 Å². The summed E-state index contributed by atoms with van der Waals surface area (Å²) in [6, 6.07) is 22.1. The first-order chi connectivity index (χ1) is 12.7.